The van der Waals surface area contributed by atoms with Crippen molar-refractivity contribution < 1.29 is 4.79 Å². The summed E-state index contributed by atoms with van der Waals surface area (Å²) in [5.74, 6) is 3.81. The van der Waals surface area contributed by atoms with Crippen LogP contribution < -0.4 is 0 Å². The van der Waals surface area contributed by atoms with Crippen LogP contribution in [0.25, 0.3) is 0 Å². The van der Waals surface area contributed by atoms with Crippen molar-refractivity contribution in [2.75, 3.05) is 11.5 Å². The summed E-state index contributed by atoms with van der Waals surface area (Å²) in [6.07, 6.45) is 4.80. The molecule has 1 heterocycles. The fraction of sp³-hybridized carbons (Fsp3) is 0.889. The Morgan fingerprint density at radius 2 is 2.00 bits per heavy atom. The lowest BCUT2D eigenvalue weighted by Crippen LogP contribution is -2.28. The zero-order chi connectivity index (χ0) is 7.68. The number of thioether (sulfide) groups is 1. The van der Waals surface area contributed by atoms with Crippen LogP contribution in [0.1, 0.15) is 25.7 Å². The monoisotopic (exact) mass is 170 g/mol. The van der Waals surface area contributed by atoms with Gasteiger partial charge in [0.05, 0.1) is 0 Å². The highest BCUT2D eigenvalue weighted by Gasteiger charge is 2.32. The Bertz CT molecular complexity index is 157. The molecule has 1 aliphatic carbocycles. The molecule has 11 heavy (non-hydrogen) atoms. The first-order chi connectivity index (χ1) is 5.38. The fourth-order valence-corrected chi connectivity index (χ4v) is 3.02. The van der Waals surface area contributed by atoms with Crippen LogP contribution >= 0.6 is 11.8 Å². The van der Waals surface area contributed by atoms with E-state index in [1.165, 1.54) is 25.0 Å². The molecule has 1 saturated heterocycles. The average molecular weight is 170 g/mol. The lowest BCUT2D eigenvalue weighted by atomic mass is 9.78. The molecule has 2 heteroatoms. The molecule has 0 radical (unpaired) electrons. The van der Waals surface area contributed by atoms with Crippen LogP contribution in [0.2, 0.25) is 0 Å². The van der Waals surface area contributed by atoms with Crippen molar-refractivity contribution >= 4 is 17.5 Å². The van der Waals surface area contributed by atoms with E-state index in [4.69, 9.17) is 0 Å². The summed E-state index contributed by atoms with van der Waals surface area (Å²) in [6, 6.07) is 0. The van der Waals surface area contributed by atoms with Gasteiger partial charge in [0.15, 0.2) is 0 Å². The summed E-state index contributed by atoms with van der Waals surface area (Å²) >= 11 is 1.94. The van der Waals surface area contributed by atoms with Crippen molar-refractivity contribution in [1.82, 2.24) is 0 Å². The van der Waals surface area contributed by atoms with Gasteiger partial charge < -0.3 is 0 Å². The molecule has 0 aromatic carbocycles. The maximum Gasteiger partial charge on any atom is 0.139 e. The van der Waals surface area contributed by atoms with Gasteiger partial charge in [0.1, 0.15) is 5.78 Å². The van der Waals surface area contributed by atoms with Crippen LogP contribution in [0.3, 0.4) is 0 Å². The molecule has 1 saturated carbocycles. The highest BCUT2D eigenvalue weighted by Crippen LogP contribution is 2.34. The molecule has 62 valence electrons. The van der Waals surface area contributed by atoms with Gasteiger partial charge in [0.25, 0.3) is 0 Å². The van der Waals surface area contributed by atoms with Crippen LogP contribution in [0.15, 0.2) is 0 Å². The molecule has 2 aliphatic rings. The van der Waals surface area contributed by atoms with Crippen LogP contribution in [-0.2, 0) is 4.79 Å². The SMILES string of the molecule is O=C(C1CCC1)C1CCSC1. The van der Waals surface area contributed by atoms with E-state index in [0.717, 1.165) is 12.2 Å². The number of hydrogen-bond acceptors (Lipinski definition) is 2. The lowest BCUT2D eigenvalue weighted by Gasteiger charge is -2.26. The predicted octanol–water partition coefficient (Wildman–Crippen LogP) is 2.11. The second-order valence-electron chi connectivity index (χ2n) is 3.59. The van der Waals surface area contributed by atoms with E-state index in [0.29, 0.717) is 17.6 Å². The van der Waals surface area contributed by atoms with E-state index in [1.807, 2.05) is 11.8 Å². The van der Waals surface area contributed by atoms with Crippen molar-refractivity contribution in [1.29, 1.82) is 0 Å². The summed E-state index contributed by atoms with van der Waals surface area (Å²) in [7, 11) is 0. The molecule has 1 atom stereocenters. The lowest BCUT2D eigenvalue weighted by molar-refractivity contribution is -0.128. The van der Waals surface area contributed by atoms with E-state index in [2.05, 4.69) is 0 Å². The van der Waals surface area contributed by atoms with Crippen LogP contribution in [-0.4, -0.2) is 17.3 Å². The number of Topliss-reactive ketones (excluding diaryl/α,β-unsaturated/α-hetero) is 1. The molecule has 2 fully saturated rings. The molecular formula is C9H14OS. The molecule has 0 spiro atoms. The summed E-state index contributed by atoms with van der Waals surface area (Å²) in [5, 5.41) is 0. The Morgan fingerprint density at radius 3 is 2.45 bits per heavy atom. The molecule has 0 aromatic heterocycles. The minimum Gasteiger partial charge on any atom is -0.299 e. The predicted molar refractivity (Wildman–Crippen MR) is 47.8 cm³/mol. The first-order valence-electron chi connectivity index (χ1n) is 4.49. The number of hydrogen-bond donors (Lipinski definition) is 0. The van der Waals surface area contributed by atoms with Gasteiger partial charge in [0, 0.05) is 17.6 Å². The van der Waals surface area contributed by atoms with Crippen molar-refractivity contribution in [3.05, 3.63) is 0 Å². The molecule has 0 amide bonds. The number of rotatable bonds is 2. The van der Waals surface area contributed by atoms with Crippen molar-refractivity contribution in [2.24, 2.45) is 11.8 Å². The third kappa shape index (κ3) is 1.46. The third-order valence-electron chi connectivity index (χ3n) is 2.84. The Kier molecular flexibility index (Phi) is 2.21. The van der Waals surface area contributed by atoms with Crippen molar-refractivity contribution in [3.63, 3.8) is 0 Å². The molecule has 0 N–H and O–H groups in total. The number of carbonyl (C=O) groups excluding carboxylic acids is 1. The summed E-state index contributed by atoms with van der Waals surface area (Å²) < 4.78 is 0. The van der Waals surface area contributed by atoms with E-state index in [1.54, 1.807) is 0 Å². The Hall–Kier alpha value is 0.0200. The summed E-state index contributed by atoms with van der Waals surface area (Å²) in [4.78, 5) is 11.6. The Labute approximate surface area is 71.9 Å². The zero-order valence-corrected chi connectivity index (χ0v) is 7.53. The molecule has 1 unspecified atom stereocenters. The average Bonchev–Trinajstić information content (AvgIpc) is 2.32. The van der Waals surface area contributed by atoms with E-state index >= 15 is 0 Å². The van der Waals surface area contributed by atoms with Gasteiger partial charge in [-0.1, -0.05) is 6.42 Å². The first-order valence-corrected chi connectivity index (χ1v) is 5.65. The highest BCUT2D eigenvalue weighted by molar-refractivity contribution is 7.99. The molecule has 0 aromatic rings. The molecular weight excluding hydrogens is 156 g/mol. The Morgan fingerprint density at radius 1 is 1.18 bits per heavy atom. The highest BCUT2D eigenvalue weighted by atomic mass is 32.2. The third-order valence-corrected chi connectivity index (χ3v) is 4.00. The summed E-state index contributed by atoms with van der Waals surface area (Å²) in [6.45, 7) is 0. The van der Waals surface area contributed by atoms with Crippen LogP contribution in [0, 0.1) is 11.8 Å². The van der Waals surface area contributed by atoms with Gasteiger partial charge in [-0.2, -0.15) is 11.8 Å². The largest absolute Gasteiger partial charge is 0.299 e. The number of carbonyl (C=O) groups is 1. The van der Waals surface area contributed by atoms with Crippen molar-refractivity contribution in [2.45, 2.75) is 25.7 Å². The first kappa shape index (κ1) is 7.66. The minimum absolute atomic E-state index is 0.435. The second-order valence-corrected chi connectivity index (χ2v) is 4.74. The maximum atomic E-state index is 11.6. The van der Waals surface area contributed by atoms with E-state index in [9.17, 15) is 4.79 Å². The van der Waals surface area contributed by atoms with Gasteiger partial charge in [-0.15, -0.1) is 0 Å². The van der Waals surface area contributed by atoms with Gasteiger partial charge in [-0.05, 0) is 25.0 Å². The number of ketones is 1. The standard InChI is InChI=1S/C9H14OS/c10-9(7-2-1-3-7)8-4-5-11-6-8/h7-8H,1-6H2. The normalized spacial score (nSPS) is 31.8. The molecule has 2 rings (SSSR count). The molecule has 1 nitrogen and oxygen atoms in total. The molecule has 1 aliphatic heterocycles. The Balaban J connectivity index is 1.87. The quantitative estimate of drug-likeness (QED) is 0.631. The fourth-order valence-electron chi connectivity index (χ4n) is 1.79. The topological polar surface area (TPSA) is 17.1 Å². The maximum absolute atomic E-state index is 11.6. The van der Waals surface area contributed by atoms with Crippen LogP contribution in [0.4, 0.5) is 0 Å². The molecule has 0 bridgehead atoms. The van der Waals surface area contributed by atoms with Gasteiger partial charge >= 0.3 is 0 Å². The zero-order valence-electron chi connectivity index (χ0n) is 6.71. The second kappa shape index (κ2) is 3.18. The van der Waals surface area contributed by atoms with Gasteiger partial charge in [-0.3, -0.25) is 4.79 Å². The van der Waals surface area contributed by atoms with Crippen molar-refractivity contribution in [3.8, 4) is 0 Å². The minimum atomic E-state index is 0.435. The van der Waals surface area contributed by atoms with E-state index in [-0.39, 0.29) is 0 Å². The van der Waals surface area contributed by atoms with E-state index < -0.39 is 0 Å². The van der Waals surface area contributed by atoms with Gasteiger partial charge in [0.2, 0.25) is 0 Å². The van der Waals surface area contributed by atoms with Crippen LogP contribution in [0.5, 0.6) is 0 Å². The smallest absolute Gasteiger partial charge is 0.139 e. The van der Waals surface area contributed by atoms with Gasteiger partial charge in [-0.25, -0.2) is 0 Å². The summed E-state index contributed by atoms with van der Waals surface area (Å²) in [5.41, 5.74) is 0.